The van der Waals surface area contributed by atoms with Gasteiger partial charge in [0.25, 0.3) is 5.69 Å². The smallest absolute Gasteiger partial charge is 0.293 e. The van der Waals surface area contributed by atoms with Gasteiger partial charge in [0.1, 0.15) is 5.69 Å². The summed E-state index contributed by atoms with van der Waals surface area (Å²) in [5.41, 5.74) is 5.91. The summed E-state index contributed by atoms with van der Waals surface area (Å²) in [4.78, 5) is 22.2. The highest BCUT2D eigenvalue weighted by Crippen LogP contribution is 2.33. The van der Waals surface area contributed by atoms with Gasteiger partial charge in [-0.3, -0.25) is 14.9 Å². The maximum atomic E-state index is 11.8. The van der Waals surface area contributed by atoms with Crippen molar-refractivity contribution in [3.63, 3.8) is 0 Å². The summed E-state index contributed by atoms with van der Waals surface area (Å²) >= 11 is 3.16. The van der Waals surface area contributed by atoms with E-state index in [-0.39, 0.29) is 29.7 Å². The van der Waals surface area contributed by atoms with Gasteiger partial charge in [0.2, 0.25) is 5.91 Å². The SMILES string of the molecule is NC(CC(=O)Nc1ccc(Br)cc1[N+](=O)[O-])C1CC1. The molecule has 0 spiro atoms. The van der Waals surface area contributed by atoms with E-state index in [1.807, 2.05) is 0 Å². The molecular formula is C12H14BrN3O3. The van der Waals surface area contributed by atoms with E-state index in [2.05, 4.69) is 21.2 Å². The van der Waals surface area contributed by atoms with Crippen molar-refractivity contribution in [1.29, 1.82) is 0 Å². The Kier molecular flexibility index (Phi) is 4.16. The van der Waals surface area contributed by atoms with Crippen LogP contribution in [0.1, 0.15) is 19.3 Å². The Balaban J connectivity index is 2.05. The molecular weight excluding hydrogens is 314 g/mol. The van der Waals surface area contributed by atoms with E-state index in [1.54, 1.807) is 6.07 Å². The normalized spacial score (nSPS) is 15.9. The number of amides is 1. The lowest BCUT2D eigenvalue weighted by Gasteiger charge is -2.10. The van der Waals surface area contributed by atoms with Crippen LogP contribution in [0.4, 0.5) is 11.4 Å². The van der Waals surface area contributed by atoms with Crippen LogP contribution in [0.25, 0.3) is 0 Å². The Hall–Kier alpha value is -1.47. The predicted molar refractivity (Wildman–Crippen MR) is 74.7 cm³/mol. The predicted octanol–water partition coefficient (Wildman–Crippen LogP) is 2.42. The molecule has 1 fully saturated rings. The number of nitrogens with one attached hydrogen (secondary N) is 1. The standard InChI is InChI=1S/C12H14BrN3O3/c13-8-3-4-10(11(5-8)16(18)19)15-12(17)6-9(14)7-1-2-7/h3-5,7,9H,1-2,6,14H2,(H,15,17). The van der Waals surface area contributed by atoms with E-state index in [4.69, 9.17) is 5.73 Å². The third kappa shape index (κ3) is 3.74. The highest BCUT2D eigenvalue weighted by atomic mass is 79.9. The monoisotopic (exact) mass is 327 g/mol. The van der Waals surface area contributed by atoms with Crippen LogP contribution in [-0.4, -0.2) is 16.9 Å². The maximum absolute atomic E-state index is 11.8. The van der Waals surface area contributed by atoms with Crippen LogP contribution in [0.3, 0.4) is 0 Å². The molecule has 0 saturated heterocycles. The number of carbonyl (C=O) groups is 1. The fourth-order valence-corrected chi connectivity index (χ4v) is 2.22. The van der Waals surface area contributed by atoms with E-state index < -0.39 is 4.92 Å². The molecule has 1 aliphatic carbocycles. The summed E-state index contributed by atoms with van der Waals surface area (Å²) in [5.74, 6) is 0.135. The number of nitrogens with two attached hydrogens (primary N) is 1. The first-order valence-electron chi connectivity index (χ1n) is 5.96. The molecule has 19 heavy (non-hydrogen) atoms. The Morgan fingerprint density at radius 3 is 2.84 bits per heavy atom. The quantitative estimate of drug-likeness (QED) is 0.640. The zero-order valence-electron chi connectivity index (χ0n) is 10.1. The van der Waals surface area contributed by atoms with Crippen LogP contribution in [0.2, 0.25) is 0 Å². The summed E-state index contributed by atoms with van der Waals surface area (Å²) < 4.78 is 0.590. The topological polar surface area (TPSA) is 98.3 Å². The van der Waals surface area contributed by atoms with Crippen molar-refractivity contribution in [3.05, 3.63) is 32.8 Å². The van der Waals surface area contributed by atoms with Gasteiger partial charge < -0.3 is 11.1 Å². The third-order valence-corrected chi connectivity index (χ3v) is 3.57. The number of nitro groups is 1. The first-order chi connectivity index (χ1) is 8.97. The summed E-state index contributed by atoms with van der Waals surface area (Å²) in [6, 6.07) is 4.34. The van der Waals surface area contributed by atoms with Gasteiger partial charge in [-0.15, -0.1) is 0 Å². The molecule has 0 radical (unpaired) electrons. The van der Waals surface area contributed by atoms with Crippen molar-refractivity contribution in [2.45, 2.75) is 25.3 Å². The molecule has 0 heterocycles. The zero-order valence-corrected chi connectivity index (χ0v) is 11.7. The molecule has 102 valence electrons. The molecule has 1 amide bonds. The summed E-state index contributed by atoms with van der Waals surface area (Å²) in [5, 5.41) is 13.5. The van der Waals surface area contributed by atoms with Crippen molar-refractivity contribution in [2.75, 3.05) is 5.32 Å². The molecule has 1 aromatic rings. The molecule has 0 aliphatic heterocycles. The minimum Gasteiger partial charge on any atom is -0.327 e. The van der Waals surface area contributed by atoms with Gasteiger partial charge in [-0.25, -0.2) is 0 Å². The molecule has 1 aromatic carbocycles. The lowest BCUT2D eigenvalue weighted by Crippen LogP contribution is -2.29. The van der Waals surface area contributed by atoms with Crippen molar-refractivity contribution in [2.24, 2.45) is 11.7 Å². The highest BCUT2D eigenvalue weighted by Gasteiger charge is 2.30. The Labute approximate surface area is 118 Å². The largest absolute Gasteiger partial charge is 0.327 e. The number of rotatable bonds is 5. The number of hydrogen-bond donors (Lipinski definition) is 2. The molecule has 3 N–H and O–H groups in total. The van der Waals surface area contributed by atoms with E-state index in [1.165, 1.54) is 12.1 Å². The van der Waals surface area contributed by atoms with Crippen LogP contribution in [0, 0.1) is 16.0 Å². The Morgan fingerprint density at radius 1 is 1.58 bits per heavy atom. The average Bonchev–Trinajstić information content (AvgIpc) is 3.15. The van der Waals surface area contributed by atoms with Gasteiger partial charge in [-0.1, -0.05) is 15.9 Å². The summed E-state index contributed by atoms with van der Waals surface area (Å²) in [7, 11) is 0. The first-order valence-corrected chi connectivity index (χ1v) is 6.76. The van der Waals surface area contributed by atoms with Gasteiger partial charge in [-0.2, -0.15) is 0 Å². The second-order valence-corrected chi connectivity index (χ2v) is 5.59. The van der Waals surface area contributed by atoms with Gasteiger partial charge in [0.15, 0.2) is 0 Å². The van der Waals surface area contributed by atoms with Crippen LogP contribution in [0.5, 0.6) is 0 Å². The average molecular weight is 328 g/mol. The highest BCUT2D eigenvalue weighted by molar-refractivity contribution is 9.10. The van der Waals surface area contributed by atoms with Gasteiger partial charge in [0.05, 0.1) is 4.92 Å². The number of halogens is 1. The summed E-state index contributed by atoms with van der Waals surface area (Å²) in [6.07, 6.45) is 2.32. The molecule has 1 saturated carbocycles. The van der Waals surface area contributed by atoms with Crippen molar-refractivity contribution >= 4 is 33.2 Å². The molecule has 0 aromatic heterocycles. The van der Waals surface area contributed by atoms with Crippen LogP contribution in [0.15, 0.2) is 22.7 Å². The van der Waals surface area contributed by atoms with Crippen molar-refractivity contribution in [1.82, 2.24) is 0 Å². The van der Waals surface area contributed by atoms with Gasteiger partial charge in [0, 0.05) is 23.0 Å². The van der Waals surface area contributed by atoms with Crippen LogP contribution >= 0.6 is 15.9 Å². The molecule has 0 bridgehead atoms. The minimum absolute atomic E-state index is 0.136. The number of carbonyl (C=O) groups excluding carboxylic acids is 1. The number of anilines is 1. The molecule has 6 nitrogen and oxygen atoms in total. The number of benzene rings is 1. The number of hydrogen-bond acceptors (Lipinski definition) is 4. The summed E-state index contributed by atoms with van der Waals surface area (Å²) in [6.45, 7) is 0. The van der Waals surface area contributed by atoms with Gasteiger partial charge >= 0.3 is 0 Å². The number of nitro benzene ring substituents is 1. The minimum atomic E-state index is -0.527. The van der Waals surface area contributed by atoms with E-state index in [0.29, 0.717) is 10.4 Å². The molecule has 1 atom stereocenters. The number of nitrogens with zero attached hydrogens (tertiary/aromatic N) is 1. The molecule has 1 aliphatic rings. The molecule has 2 rings (SSSR count). The van der Waals surface area contributed by atoms with Crippen LogP contribution < -0.4 is 11.1 Å². The maximum Gasteiger partial charge on any atom is 0.293 e. The molecule has 7 heteroatoms. The van der Waals surface area contributed by atoms with E-state index >= 15 is 0 Å². The van der Waals surface area contributed by atoms with E-state index in [0.717, 1.165) is 12.8 Å². The Bertz CT molecular complexity index is 517. The second-order valence-electron chi connectivity index (χ2n) is 4.67. The third-order valence-electron chi connectivity index (χ3n) is 3.08. The Morgan fingerprint density at radius 2 is 2.26 bits per heavy atom. The van der Waals surface area contributed by atoms with Gasteiger partial charge in [-0.05, 0) is 30.9 Å². The van der Waals surface area contributed by atoms with Crippen LogP contribution in [-0.2, 0) is 4.79 Å². The lowest BCUT2D eigenvalue weighted by atomic mass is 10.1. The zero-order chi connectivity index (χ0) is 14.0. The second kappa shape index (κ2) is 5.66. The molecule has 1 unspecified atom stereocenters. The first kappa shape index (κ1) is 14.0. The van der Waals surface area contributed by atoms with E-state index in [9.17, 15) is 14.9 Å². The van der Waals surface area contributed by atoms with Crippen molar-refractivity contribution < 1.29 is 9.72 Å². The lowest BCUT2D eigenvalue weighted by molar-refractivity contribution is -0.384. The fourth-order valence-electron chi connectivity index (χ4n) is 1.87. The van der Waals surface area contributed by atoms with Crippen molar-refractivity contribution in [3.8, 4) is 0 Å². The fraction of sp³-hybridized carbons (Fsp3) is 0.417.